The molecule has 3 rings (SSSR count). The van der Waals surface area contributed by atoms with Crippen LogP contribution in [0.5, 0.6) is 5.75 Å². The Morgan fingerprint density at radius 1 is 0.964 bits per heavy atom. The molecule has 0 aliphatic carbocycles. The Kier molecular flexibility index (Phi) is 6.42. The number of hydrogen-bond acceptors (Lipinski definition) is 2. The number of phenolic OH excluding ortho intramolecular Hbond substituents is 1. The van der Waals surface area contributed by atoms with Gasteiger partial charge in [0, 0.05) is 23.0 Å². The zero-order valence-corrected chi connectivity index (χ0v) is 18.2. The van der Waals surface area contributed by atoms with Crippen LogP contribution in [-0.2, 0) is 11.7 Å². The van der Waals surface area contributed by atoms with Crippen molar-refractivity contribution in [1.82, 2.24) is 0 Å². The third-order valence-corrected chi connectivity index (χ3v) is 7.40. The van der Waals surface area contributed by atoms with E-state index in [9.17, 15) is 5.11 Å². The Balaban J connectivity index is 1.91. The van der Waals surface area contributed by atoms with E-state index in [0.29, 0.717) is 14.3 Å². The van der Waals surface area contributed by atoms with Crippen LogP contribution in [0.25, 0.3) is 0 Å². The van der Waals surface area contributed by atoms with E-state index in [0.717, 1.165) is 29.8 Å². The van der Waals surface area contributed by atoms with Gasteiger partial charge in [0.2, 0.25) is 0 Å². The van der Waals surface area contributed by atoms with Gasteiger partial charge >= 0.3 is 0 Å². The van der Waals surface area contributed by atoms with Crippen molar-refractivity contribution in [2.24, 2.45) is 0 Å². The Morgan fingerprint density at radius 3 is 2.43 bits per heavy atom. The molecule has 0 saturated carbocycles. The molecule has 3 heteroatoms. The molecule has 0 spiro atoms. The molecule has 3 aromatic rings. The fourth-order valence-electron chi connectivity index (χ4n) is 3.49. The van der Waals surface area contributed by atoms with Crippen LogP contribution < -0.4 is 10.6 Å². The molecule has 2 nitrogen and oxygen atoms in total. The molecule has 0 aromatic heterocycles. The first-order chi connectivity index (χ1) is 13.4. The lowest BCUT2D eigenvalue weighted by Crippen LogP contribution is -2.21. The lowest BCUT2D eigenvalue weighted by molar-refractivity contribution is 0.452. The van der Waals surface area contributed by atoms with Crippen LogP contribution in [0.3, 0.4) is 0 Å². The van der Waals surface area contributed by atoms with Gasteiger partial charge in [-0.25, -0.2) is 0 Å². The molecule has 28 heavy (non-hydrogen) atoms. The predicted molar refractivity (Wildman–Crippen MR) is 123 cm³/mol. The summed E-state index contributed by atoms with van der Waals surface area (Å²) >= 11 is 0. The summed E-state index contributed by atoms with van der Waals surface area (Å²) in [6, 6.07) is 23.2. The van der Waals surface area contributed by atoms with Gasteiger partial charge in [-0.05, 0) is 48.8 Å². The van der Waals surface area contributed by atoms with E-state index in [2.05, 4.69) is 80.7 Å². The summed E-state index contributed by atoms with van der Waals surface area (Å²) in [4.78, 5) is 0. The Labute approximate surface area is 170 Å². The maximum Gasteiger partial charge on any atom is 0.122 e. The highest BCUT2D eigenvalue weighted by Crippen LogP contribution is 2.48. The monoisotopic (exact) mass is 391 g/mol. The van der Waals surface area contributed by atoms with Gasteiger partial charge in [0.25, 0.3) is 0 Å². The van der Waals surface area contributed by atoms with Gasteiger partial charge in [0.1, 0.15) is 5.75 Å². The molecule has 0 bridgehead atoms. The highest BCUT2D eigenvalue weighted by Gasteiger charge is 2.29. The lowest BCUT2D eigenvalue weighted by Gasteiger charge is -2.31. The summed E-state index contributed by atoms with van der Waals surface area (Å²) < 4.78 is 0. The maximum atomic E-state index is 10.7. The van der Waals surface area contributed by atoms with Gasteiger partial charge in [-0.2, -0.15) is 0 Å². The normalized spacial score (nSPS) is 13.6. The predicted octanol–water partition coefficient (Wildman–Crippen LogP) is 6.25. The number of hydrogen-bond donors (Lipinski definition) is 2. The van der Waals surface area contributed by atoms with Crippen molar-refractivity contribution in [1.29, 1.82) is 0 Å². The van der Waals surface area contributed by atoms with E-state index in [-0.39, 0.29) is 5.16 Å². The fraction of sp³-hybridized carbons (Fsp3) is 0.280. The average Bonchev–Trinajstić information content (AvgIpc) is 2.71. The van der Waals surface area contributed by atoms with Crippen LogP contribution in [0.1, 0.15) is 42.5 Å². The molecule has 0 saturated heterocycles. The van der Waals surface area contributed by atoms with Crippen LogP contribution in [0, 0.1) is 13.8 Å². The van der Waals surface area contributed by atoms with Crippen molar-refractivity contribution in [3.05, 3.63) is 89.0 Å². The summed E-state index contributed by atoms with van der Waals surface area (Å²) in [5.74, 6) is 0.440. The topological polar surface area (TPSA) is 32.3 Å². The highest BCUT2D eigenvalue weighted by atomic mass is 31.1. The molecule has 0 aliphatic rings. The summed E-state index contributed by atoms with van der Waals surface area (Å²) in [5, 5.41) is 15.5. The Morgan fingerprint density at radius 2 is 1.71 bits per heavy atom. The molecule has 0 aliphatic heterocycles. The fourth-order valence-corrected chi connectivity index (χ4v) is 5.09. The number of aryl methyl sites for hydroxylation is 2. The third-order valence-electron chi connectivity index (χ3n) is 5.47. The van der Waals surface area contributed by atoms with Crippen LogP contribution >= 0.6 is 8.58 Å². The van der Waals surface area contributed by atoms with Crippen LogP contribution in [0.4, 0.5) is 5.69 Å². The molecule has 0 amide bonds. The molecule has 0 fully saturated rings. The van der Waals surface area contributed by atoms with E-state index in [1.807, 2.05) is 19.1 Å². The van der Waals surface area contributed by atoms with Crippen molar-refractivity contribution < 1.29 is 5.11 Å². The summed E-state index contributed by atoms with van der Waals surface area (Å²) in [5.41, 5.74) is 5.73. The standard InChI is InChI=1S/C25H30NOP/c1-5-25(4,22-13-9-10-19(3)24(22)27)28-23-15-14-18(2)16-20(23)17-26-21-11-7-6-8-12-21/h6-16,26-28H,5,17H2,1-4H3. The van der Waals surface area contributed by atoms with Crippen molar-refractivity contribution in [3.8, 4) is 5.75 Å². The summed E-state index contributed by atoms with van der Waals surface area (Å²) in [6.45, 7) is 9.40. The molecule has 2 unspecified atom stereocenters. The van der Waals surface area contributed by atoms with Crippen molar-refractivity contribution in [2.45, 2.75) is 45.8 Å². The second kappa shape index (κ2) is 8.80. The van der Waals surface area contributed by atoms with Crippen LogP contribution in [0.2, 0.25) is 0 Å². The molecule has 2 atom stereocenters. The number of rotatable bonds is 7. The van der Waals surface area contributed by atoms with Gasteiger partial charge in [-0.1, -0.05) is 82.6 Å². The van der Waals surface area contributed by atoms with Gasteiger partial charge in [0.15, 0.2) is 0 Å². The highest BCUT2D eigenvalue weighted by molar-refractivity contribution is 7.48. The number of para-hydroxylation sites is 2. The second-order valence-corrected chi connectivity index (χ2v) is 9.55. The number of benzene rings is 3. The Hall–Kier alpha value is -2.31. The van der Waals surface area contributed by atoms with E-state index in [1.165, 1.54) is 16.4 Å². The third kappa shape index (κ3) is 4.56. The summed E-state index contributed by atoms with van der Waals surface area (Å²) in [6.07, 6.45) is 0.974. The second-order valence-electron chi connectivity index (χ2n) is 7.66. The average molecular weight is 391 g/mol. The molecule has 0 heterocycles. The van der Waals surface area contributed by atoms with E-state index < -0.39 is 0 Å². The first kappa shape index (κ1) is 20.4. The van der Waals surface area contributed by atoms with Crippen molar-refractivity contribution >= 4 is 19.6 Å². The van der Waals surface area contributed by atoms with Gasteiger partial charge in [-0.3, -0.25) is 0 Å². The number of anilines is 1. The molecular weight excluding hydrogens is 361 g/mol. The quantitative estimate of drug-likeness (QED) is 0.467. The number of phenols is 1. The molecule has 2 N–H and O–H groups in total. The van der Waals surface area contributed by atoms with Gasteiger partial charge in [-0.15, -0.1) is 0 Å². The summed E-state index contributed by atoms with van der Waals surface area (Å²) in [7, 11) is 0.581. The minimum absolute atomic E-state index is 0.0904. The van der Waals surface area contributed by atoms with Crippen LogP contribution in [-0.4, -0.2) is 5.11 Å². The molecule has 146 valence electrons. The van der Waals surface area contributed by atoms with Crippen LogP contribution in [0.15, 0.2) is 66.7 Å². The first-order valence-electron chi connectivity index (χ1n) is 9.88. The molecule has 0 radical (unpaired) electrons. The number of aromatic hydroxyl groups is 1. The van der Waals surface area contributed by atoms with E-state index >= 15 is 0 Å². The smallest absolute Gasteiger partial charge is 0.122 e. The minimum Gasteiger partial charge on any atom is -0.507 e. The van der Waals surface area contributed by atoms with E-state index in [4.69, 9.17) is 0 Å². The van der Waals surface area contributed by atoms with Gasteiger partial charge in [0.05, 0.1) is 0 Å². The van der Waals surface area contributed by atoms with Gasteiger partial charge < -0.3 is 10.4 Å². The van der Waals surface area contributed by atoms with E-state index in [1.54, 1.807) is 0 Å². The zero-order chi connectivity index (χ0) is 20.1. The lowest BCUT2D eigenvalue weighted by atomic mass is 9.94. The zero-order valence-electron chi connectivity index (χ0n) is 17.2. The SMILES string of the molecule is CCC(C)(Pc1ccc(C)cc1CNc1ccccc1)c1cccc(C)c1O. The van der Waals surface area contributed by atoms with Crippen molar-refractivity contribution in [3.63, 3.8) is 0 Å². The molecular formula is C25H30NOP. The van der Waals surface area contributed by atoms with Crippen molar-refractivity contribution in [2.75, 3.05) is 5.32 Å². The Bertz CT molecular complexity index is 939. The number of nitrogens with one attached hydrogen (secondary N) is 1. The largest absolute Gasteiger partial charge is 0.507 e. The minimum atomic E-state index is -0.0904. The first-order valence-corrected chi connectivity index (χ1v) is 10.9. The molecule has 3 aromatic carbocycles. The maximum absolute atomic E-state index is 10.7.